The SMILES string of the molecule is O=C(O)C(Br)c1ccc(OCc2ccccc2)cc1. The van der Waals surface area contributed by atoms with Gasteiger partial charge >= 0.3 is 5.97 Å². The topological polar surface area (TPSA) is 46.5 Å². The highest BCUT2D eigenvalue weighted by Crippen LogP contribution is 2.25. The summed E-state index contributed by atoms with van der Waals surface area (Å²) < 4.78 is 5.62. The summed E-state index contributed by atoms with van der Waals surface area (Å²) in [6.07, 6.45) is 0. The van der Waals surface area contributed by atoms with Crippen LogP contribution in [-0.2, 0) is 11.4 Å². The summed E-state index contributed by atoms with van der Waals surface area (Å²) in [6, 6.07) is 16.9. The average molecular weight is 321 g/mol. The lowest BCUT2D eigenvalue weighted by Crippen LogP contribution is -2.04. The van der Waals surface area contributed by atoms with E-state index in [0.29, 0.717) is 12.2 Å². The lowest BCUT2D eigenvalue weighted by Gasteiger charge is -2.08. The number of hydrogen-bond donors (Lipinski definition) is 1. The van der Waals surface area contributed by atoms with Gasteiger partial charge in [-0.2, -0.15) is 0 Å². The third kappa shape index (κ3) is 3.83. The molecule has 19 heavy (non-hydrogen) atoms. The van der Waals surface area contributed by atoms with Crippen LogP contribution in [0.5, 0.6) is 5.75 Å². The van der Waals surface area contributed by atoms with E-state index in [0.717, 1.165) is 11.3 Å². The highest BCUT2D eigenvalue weighted by Gasteiger charge is 2.15. The van der Waals surface area contributed by atoms with E-state index in [1.807, 2.05) is 30.3 Å². The third-order valence-electron chi connectivity index (χ3n) is 2.64. The summed E-state index contributed by atoms with van der Waals surface area (Å²) >= 11 is 3.11. The van der Waals surface area contributed by atoms with Crippen molar-refractivity contribution in [2.45, 2.75) is 11.4 Å². The van der Waals surface area contributed by atoms with Gasteiger partial charge in [-0.15, -0.1) is 0 Å². The predicted molar refractivity (Wildman–Crippen MR) is 76.5 cm³/mol. The first-order valence-corrected chi connectivity index (χ1v) is 6.72. The number of halogens is 1. The normalized spacial score (nSPS) is 11.8. The number of carbonyl (C=O) groups is 1. The Bertz CT molecular complexity index is 537. The van der Waals surface area contributed by atoms with Crippen molar-refractivity contribution in [3.05, 3.63) is 65.7 Å². The Labute approximate surface area is 120 Å². The monoisotopic (exact) mass is 320 g/mol. The van der Waals surface area contributed by atoms with Gasteiger partial charge in [0.1, 0.15) is 17.2 Å². The van der Waals surface area contributed by atoms with Crippen molar-refractivity contribution < 1.29 is 14.6 Å². The second kappa shape index (κ2) is 6.38. The molecule has 0 saturated heterocycles. The molecule has 98 valence electrons. The van der Waals surface area contributed by atoms with E-state index >= 15 is 0 Å². The first-order chi connectivity index (χ1) is 9.16. The van der Waals surface area contributed by atoms with Crippen LogP contribution in [0.4, 0.5) is 0 Å². The zero-order valence-corrected chi connectivity index (χ0v) is 11.7. The molecule has 0 radical (unpaired) electrons. The Hall–Kier alpha value is -1.81. The molecular formula is C15H13BrO3. The molecule has 1 atom stereocenters. The van der Waals surface area contributed by atoms with Gasteiger partial charge in [0.2, 0.25) is 0 Å². The van der Waals surface area contributed by atoms with Gasteiger partial charge in [-0.3, -0.25) is 4.79 Å². The van der Waals surface area contributed by atoms with Crippen molar-refractivity contribution >= 4 is 21.9 Å². The van der Waals surface area contributed by atoms with Gasteiger partial charge in [-0.1, -0.05) is 58.4 Å². The molecule has 0 bridgehead atoms. The number of aliphatic carboxylic acids is 1. The van der Waals surface area contributed by atoms with Crippen molar-refractivity contribution in [3.8, 4) is 5.75 Å². The Kier molecular flexibility index (Phi) is 4.58. The maximum atomic E-state index is 10.8. The van der Waals surface area contributed by atoms with E-state index in [-0.39, 0.29) is 0 Å². The maximum Gasteiger partial charge on any atom is 0.321 e. The summed E-state index contributed by atoms with van der Waals surface area (Å²) in [6.45, 7) is 0.497. The Morgan fingerprint density at radius 3 is 2.32 bits per heavy atom. The molecule has 2 rings (SSSR count). The number of carboxylic acid groups (broad SMARTS) is 1. The van der Waals surface area contributed by atoms with E-state index in [4.69, 9.17) is 9.84 Å². The number of alkyl halides is 1. The summed E-state index contributed by atoms with van der Waals surface area (Å²) in [5.41, 5.74) is 1.79. The van der Waals surface area contributed by atoms with Crippen molar-refractivity contribution in [1.82, 2.24) is 0 Å². The lowest BCUT2D eigenvalue weighted by atomic mass is 10.1. The number of carboxylic acids is 1. The standard InChI is InChI=1S/C15H13BrO3/c16-14(15(17)18)12-6-8-13(9-7-12)19-10-11-4-2-1-3-5-11/h1-9,14H,10H2,(H,17,18). The quantitative estimate of drug-likeness (QED) is 0.853. The van der Waals surface area contributed by atoms with Gasteiger partial charge in [-0.25, -0.2) is 0 Å². The number of benzene rings is 2. The second-order valence-electron chi connectivity index (χ2n) is 4.04. The molecule has 0 aliphatic carbocycles. The minimum Gasteiger partial charge on any atom is -0.489 e. The van der Waals surface area contributed by atoms with Crippen LogP contribution in [0.25, 0.3) is 0 Å². The Morgan fingerprint density at radius 1 is 1.11 bits per heavy atom. The van der Waals surface area contributed by atoms with Crippen molar-refractivity contribution in [1.29, 1.82) is 0 Å². The Morgan fingerprint density at radius 2 is 1.74 bits per heavy atom. The second-order valence-corrected chi connectivity index (χ2v) is 4.96. The lowest BCUT2D eigenvalue weighted by molar-refractivity contribution is -0.136. The van der Waals surface area contributed by atoms with Crippen molar-refractivity contribution in [2.24, 2.45) is 0 Å². The van der Waals surface area contributed by atoms with Crippen LogP contribution in [0.2, 0.25) is 0 Å². The largest absolute Gasteiger partial charge is 0.489 e. The van der Waals surface area contributed by atoms with Crippen molar-refractivity contribution in [2.75, 3.05) is 0 Å². The smallest absolute Gasteiger partial charge is 0.321 e. The molecule has 0 aromatic heterocycles. The van der Waals surface area contributed by atoms with Gasteiger partial charge in [0.15, 0.2) is 0 Å². The molecule has 0 heterocycles. The third-order valence-corrected chi connectivity index (χ3v) is 3.56. The highest BCUT2D eigenvalue weighted by atomic mass is 79.9. The van der Waals surface area contributed by atoms with Gasteiger partial charge in [0.25, 0.3) is 0 Å². The van der Waals surface area contributed by atoms with Crippen LogP contribution in [0.15, 0.2) is 54.6 Å². The van der Waals surface area contributed by atoms with Crippen molar-refractivity contribution in [3.63, 3.8) is 0 Å². The number of hydrogen-bond acceptors (Lipinski definition) is 2. The van der Waals surface area contributed by atoms with Gasteiger partial charge in [0, 0.05) is 0 Å². The molecule has 4 heteroatoms. The van der Waals surface area contributed by atoms with E-state index in [2.05, 4.69) is 15.9 Å². The van der Waals surface area contributed by atoms with Gasteiger partial charge in [-0.05, 0) is 23.3 Å². The molecule has 0 aliphatic heterocycles. The minimum absolute atomic E-state index is 0.497. The van der Waals surface area contributed by atoms with Gasteiger partial charge < -0.3 is 9.84 Å². The molecule has 0 saturated carbocycles. The summed E-state index contributed by atoms with van der Waals surface area (Å²) in [7, 11) is 0. The molecule has 2 aromatic carbocycles. The molecule has 0 amide bonds. The Balaban J connectivity index is 1.97. The zero-order valence-electron chi connectivity index (χ0n) is 10.1. The van der Waals surface area contributed by atoms with E-state index in [9.17, 15) is 4.79 Å². The molecule has 0 aliphatic rings. The van der Waals surface area contributed by atoms with E-state index < -0.39 is 10.8 Å². The van der Waals surface area contributed by atoms with Crippen LogP contribution in [0.3, 0.4) is 0 Å². The molecule has 0 spiro atoms. The summed E-state index contributed by atoms with van der Waals surface area (Å²) in [5, 5.41) is 8.88. The number of rotatable bonds is 5. The molecule has 3 nitrogen and oxygen atoms in total. The first kappa shape index (κ1) is 13.6. The first-order valence-electron chi connectivity index (χ1n) is 5.80. The zero-order chi connectivity index (χ0) is 13.7. The number of ether oxygens (including phenoxy) is 1. The summed E-state index contributed by atoms with van der Waals surface area (Å²) in [5.74, 6) is -0.185. The molecule has 0 fully saturated rings. The summed E-state index contributed by atoms with van der Waals surface area (Å²) in [4.78, 5) is 10.1. The van der Waals surface area contributed by atoms with E-state index in [1.54, 1.807) is 24.3 Å². The molecule has 1 unspecified atom stereocenters. The van der Waals surface area contributed by atoms with Crippen LogP contribution < -0.4 is 4.74 Å². The fraction of sp³-hybridized carbons (Fsp3) is 0.133. The van der Waals surface area contributed by atoms with Crippen LogP contribution in [0, 0.1) is 0 Å². The van der Waals surface area contributed by atoms with Gasteiger partial charge in [0.05, 0.1) is 0 Å². The molecular weight excluding hydrogens is 308 g/mol. The van der Waals surface area contributed by atoms with Crippen LogP contribution >= 0.6 is 15.9 Å². The average Bonchev–Trinajstić information content (AvgIpc) is 2.46. The molecule has 2 aromatic rings. The van der Waals surface area contributed by atoms with E-state index in [1.165, 1.54) is 0 Å². The fourth-order valence-corrected chi connectivity index (χ4v) is 1.92. The predicted octanol–water partition coefficient (Wildman–Crippen LogP) is 3.79. The van der Waals surface area contributed by atoms with Crippen LogP contribution in [-0.4, -0.2) is 11.1 Å². The minimum atomic E-state index is -0.905. The van der Waals surface area contributed by atoms with Crippen LogP contribution in [0.1, 0.15) is 16.0 Å². The maximum absolute atomic E-state index is 10.8. The fourth-order valence-electron chi connectivity index (χ4n) is 1.62. The highest BCUT2D eigenvalue weighted by molar-refractivity contribution is 9.09. The molecule has 1 N–H and O–H groups in total.